The quantitative estimate of drug-likeness (QED) is 0.155. The molecule has 2 atom stereocenters. The van der Waals surface area contributed by atoms with Crippen LogP contribution in [-0.4, -0.2) is 72.0 Å². The van der Waals surface area contributed by atoms with E-state index in [4.69, 9.17) is 35.0 Å². The average Bonchev–Trinajstić information content (AvgIpc) is 3.20. The molecule has 0 unspecified atom stereocenters. The lowest BCUT2D eigenvalue weighted by Crippen LogP contribution is -2.39. The van der Waals surface area contributed by atoms with Gasteiger partial charge in [-0.05, 0) is 95.5 Å². The monoisotopic (exact) mass is 718 g/mol. The van der Waals surface area contributed by atoms with Crippen molar-refractivity contribution in [3.05, 3.63) is 104 Å². The van der Waals surface area contributed by atoms with Gasteiger partial charge in [-0.3, -0.25) is 14.6 Å². The van der Waals surface area contributed by atoms with Crippen molar-refractivity contribution in [1.29, 1.82) is 0 Å². The molecule has 0 radical (unpaired) electrons. The van der Waals surface area contributed by atoms with E-state index in [-0.39, 0.29) is 12.1 Å². The fourth-order valence-corrected chi connectivity index (χ4v) is 8.62. The van der Waals surface area contributed by atoms with Gasteiger partial charge in [0.05, 0.1) is 54.9 Å². The van der Waals surface area contributed by atoms with Crippen LogP contribution in [0.3, 0.4) is 0 Å². The summed E-state index contributed by atoms with van der Waals surface area (Å²) in [4.78, 5) is 19.6. The molecule has 11 nitrogen and oxygen atoms in total. The van der Waals surface area contributed by atoms with E-state index in [1.54, 1.807) is 42.7 Å². The van der Waals surface area contributed by atoms with Crippen LogP contribution in [0.1, 0.15) is 56.6 Å². The molecule has 11 heteroatoms. The van der Waals surface area contributed by atoms with Gasteiger partial charge >= 0.3 is 0 Å². The van der Waals surface area contributed by atoms with Gasteiger partial charge in [0, 0.05) is 49.4 Å². The van der Waals surface area contributed by atoms with E-state index in [1.165, 1.54) is 44.5 Å². The van der Waals surface area contributed by atoms with Gasteiger partial charge in [0.15, 0.2) is 23.0 Å². The standard InChI is InChI=1S/C21H24N2O4.C21H22N2O3/c1-25-19-5-4-13-8-18-15-10-17(22-12-24)20(26-2)9-14(15)6-7-23(18)11-16(13)21(19)27-3;1-22-17-11-15-14(10-20(17)25-3)7-8-23-12-16-13(9-18(15)23)5-6-19(24-2)21(16)26-4/h4-5,9-10,12,18H,6-8,11H2,1-3H3,(H,22,24);5-6,10-11,18H,7-9,12H2,2-4H3/t2*18-/m00/s1. The molecular formula is C42H46N4O7. The third-order valence-corrected chi connectivity index (χ3v) is 11.2. The third kappa shape index (κ3) is 6.47. The predicted molar refractivity (Wildman–Crippen MR) is 202 cm³/mol. The summed E-state index contributed by atoms with van der Waals surface area (Å²) in [6.45, 7) is 11.1. The summed E-state index contributed by atoms with van der Waals surface area (Å²) in [7, 11) is 9.99. The van der Waals surface area contributed by atoms with Crippen molar-refractivity contribution in [3.8, 4) is 34.5 Å². The first-order valence-corrected chi connectivity index (χ1v) is 17.8. The Morgan fingerprint density at radius 1 is 0.642 bits per heavy atom. The molecule has 0 spiro atoms. The molecule has 4 aliphatic heterocycles. The molecular weight excluding hydrogens is 672 g/mol. The van der Waals surface area contributed by atoms with Gasteiger partial charge in [0.2, 0.25) is 12.1 Å². The predicted octanol–water partition coefficient (Wildman–Crippen LogP) is 6.85. The summed E-state index contributed by atoms with van der Waals surface area (Å²) < 4.78 is 33.1. The fraction of sp³-hybridized carbons (Fsp3) is 0.381. The maximum absolute atomic E-state index is 11.0. The van der Waals surface area contributed by atoms with Crippen molar-refractivity contribution < 1.29 is 33.2 Å². The highest BCUT2D eigenvalue weighted by Gasteiger charge is 2.36. The van der Waals surface area contributed by atoms with Crippen LogP contribution in [0.2, 0.25) is 0 Å². The Kier molecular flexibility index (Phi) is 10.4. The first-order valence-electron chi connectivity index (χ1n) is 17.8. The second-order valence-electron chi connectivity index (χ2n) is 13.6. The lowest BCUT2D eigenvalue weighted by molar-refractivity contribution is -0.105. The van der Waals surface area contributed by atoms with Gasteiger partial charge in [-0.2, -0.15) is 0 Å². The van der Waals surface area contributed by atoms with Gasteiger partial charge in [-0.25, -0.2) is 4.85 Å². The number of carbonyl (C=O) groups excluding carboxylic acids is 1. The number of nitrogens with zero attached hydrogens (tertiary/aromatic N) is 3. The molecule has 1 N–H and O–H groups in total. The molecule has 276 valence electrons. The molecule has 53 heavy (non-hydrogen) atoms. The van der Waals surface area contributed by atoms with E-state index in [9.17, 15) is 4.79 Å². The molecule has 0 saturated carbocycles. The van der Waals surface area contributed by atoms with E-state index < -0.39 is 0 Å². The minimum atomic E-state index is 0.275. The van der Waals surface area contributed by atoms with Crippen LogP contribution < -0.4 is 33.7 Å². The Morgan fingerprint density at radius 2 is 1.13 bits per heavy atom. The zero-order valence-electron chi connectivity index (χ0n) is 31.2. The maximum atomic E-state index is 11.0. The second-order valence-corrected chi connectivity index (χ2v) is 13.6. The minimum absolute atomic E-state index is 0.275. The normalized spacial score (nSPS) is 18.1. The molecule has 0 aliphatic carbocycles. The molecule has 0 saturated heterocycles. The van der Waals surface area contributed by atoms with Gasteiger partial charge in [0.1, 0.15) is 11.5 Å². The summed E-state index contributed by atoms with van der Waals surface area (Å²) in [6.07, 6.45) is 4.41. The largest absolute Gasteiger partial charge is 0.508 e. The van der Waals surface area contributed by atoms with Crippen LogP contribution >= 0.6 is 0 Å². The Labute approximate surface area is 311 Å². The first-order chi connectivity index (χ1) is 25.9. The van der Waals surface area contributed by atoms with Crippen molar-refractivity contribution in [3.63, 3.8) is 0 Å². The number of anilines is 1. The van der Waals surface area contributed by atoms with Crippen LogP contribution in [0.15, 0.2) is 48.5 Å². The van der Waals surface area contributed by atoms with Crippen LogP contribution in [0, 0.1) is 6.57 Å². The number of methoxy groups -OCH3 is 6. The molecule has 0 bridgehead atoms. The summed E-state index contributed by atoms with van der Waals surface area (Å²) in [5.41, 5.74) is 11.4. The van der Waals surface area contributed by atoms with Crippen LogP contribution in [0.25, 0.3) is 4.85 Å². The van der Waals surface area contributed by atoms with Crippen molar-refractivity contribution in [2.75, 3.05) is 61.1 Å². The van der Waals surface area contributed by atoms with Crippen LogP contribution in [0.5, 0.6) is 34.5 Å². The first kappa shape index (κ1) is 35.9. The van der Waals surface area contributed by atoms with Gasteiger partial charge in [-0.15, -0.1) is 0 Å². The number of nitrogens with one attached hydrogen (secondary N) is 1. The van der Waals surface area contributed by atoms with Crippen molar-refractivity contribution in [1.82, 2.24) is 9.80 Å². The highest BCUT2D eigenvalue weighted by atomic mass is 16.5. The molecule has 0 aromatic heterocycles. The Bertz CT molecular complexity index is 2080. The van der Waals surface area contributed by atoms with E-state index in [1.807, 2.05) is 24.3 Å². The van der Waals surface area contributed by atoms with Gasteiger partial charge in [0.25, 0.3) is 0 Å². The highest BCUT2D eigenvalue weighted by Crippen LogP contribution is 2.47. The molecule has 4 aromatic carbocycles. The molecule has 4 aliphatic rings. The smallest absolute Gasteiger partial charge is 0.228 e. The Morgan fingerprint density at radius 3 is 1.58 bits per heavy atom. The number of amides is 1. The molecule has 4 aromatic rings. The summed E-state index contributed by atoms with van der Waals surface area (Å²) in [6, 6.07) is 17.0. The number of fused-ring (bicyclic) bond motifs is 8. The maximum Gasteiger partial charge on any atom is 0.228 e. The Hall–Kier alpha value is -5.44. The van der Waals surface area contributed by atoms with Crippen LogP contribution in [0.4, 0.5) is 11.4 Å². The SMILES string of the molecule is COc1cc2c(cc1NC=O)[C@@H]1Cc3ccc(OC)c(OC)c3CN1CC2.[C-]#[N+]c1cc2c(cc1OC)CCN1Cc3c(ccc(OC)c3OC)C[C@@H]21. The van der Waals surface area contributed by atoms with Crippen molar-refractivity contribution >= 4 is 17.8 Å². The Balaban J connectivity index is 0.000000164. The molecule has 8 rings (SSSR count). The number of ether oxygens (including phenoxy) is 6. The van der Waals surface area contributed by atoms with Crippen molar-refractivity contribution in [2.45, 2.75) is 50.9 Å². The fourth-order valence-electron chi connectivity index (χ4n) is 8.62. The summed E-state index contributed by atoms with van der Waals surface area (Å²) in [5, 5.41) is 2.76. The summed E-state index contributed by atoms with van der Waals surface area (Å²) in [5.74, 6) is 4.60. The highest BCUT2D eigenvalue weighted by molar-refractivity contribution is 5.76. The number of hydrogen-bond acceptors (Lipinski definition) is 9. The molecule has 1 amide bonds. The van der Waals surface area contributed by atoms with Crippen LogP contribution in [-0.2, 0) is 43.6 Å². The minimum Gasteiger partial charge on any atom is -0.508 e. The average molecular weight is 719 g/mol. The number of hydrogen-bond donors (Lipinski definition) is 1. The van der Waals surface area contributed by atoms with Gasteiger partial charge in [-0.1, -0.05) is 12.1 Å². The number of rotatable bonds is 8. The zero-order chi connectivity index (χ0) is 37.2. The third-order valence-electron chi connectivity index (χ3n) is 11.2. The van der Waals surface area contributed by atoms with E-state index in [0.29, 0.717) is 29.3 Å². The lowest BCUT2D eigenvalue weighted by Gasteiger charge is -2.42. The lowest BCUT2D eigenvalue weighted by atomic mass is 9.83. The van der Waals surface area contributed by atoms with E-state index in [0.717, 1.165) is 74.9 Å². The summed E-state index contributed by atoms with van der Waals surface area (Å²) >= 11 is 0. The zero-order valence-corrected chi connectivity index (χ0v) is 31.2. The van der Waals surface area contributed by atoms with E-state index >= 15 is 0 Å². The van der Waals surface area contributed by atoms with Crippen molar-refractivity contribution in [2.24, 2.45) is 0 Å². The second kappa shape index (κ2) is 15.3. The molecule has 0 fully saturated rings. The topological polar surface area (TPSA) is 95.3 Å². The van der Waals surface area contributed by atoms with Gasteiger partial charge < -0.3 is 33.7 Å². The van der Waals surface area contributed by atoms with E-state index in [2.05, 4.69) is 44.2 Å². The molecule has 4 heterocycles. The number of carbonyl (C=O) groups is 1. The number of benzene rings is 4.